The lowest BCUT2D eigenvalue weighted by molar-refractivity contribution is -0.139. The predicted octanol–water partition coefficient (Wildman–Crippen LogP) is 4.68. The molecule has 1 saturated heterocycles. The Balaban J connectivity index is 1.64. The van der Waals surface area contributed by atoms with Gasteiger partial charge in [-0.15, -0.1) is 0 Å². The maximum Gasteiger partial charge on any atom is 0.163 e. The molecule has 0 aliphatic carbocycles. The van der Waals surface area contributed by atoms with Crippen LogP contribution in [0.25, 0.3) is 0 Å². The van der Waals surface area contributed by atoms with Crippen LogP contribution in [-0.2, 0) is 9.47 Å². The molecule has 1 aliphatic heterocycles. The second-order valence-electron chi connectivity index (χ2n) is 6.58. The Morgan fingerprint density at radius 2 is 2.04 bits per heavy atom. The van der Waals surface area contributed by atoms with Gasteiger partial charge in [-0.05, 0) is 66.8 Å². The van der Waals surface area contributed by atoms with E-state index in [-0.39, 0.29) is 6.10 Å². The summed E-state index contributed by atoms with van der Waals surface area (Å²) in [6.45, 7) is 4.64. The number of nitrogen functional groups attached to an aromatic ring is 1. The van der Waals surface area contributed by atoms with Crippen molar-refractivity contribution in [1.82, 2.24) is 0 Å². The molecular weight excluding hydrogens is 450 g/mol. The summed E-state index contributed by atoms with van der Waals surface area (Å²) in [5, 5.41) is 3.13. The first kappa shape index (κ1) is 19.2. The van der Waals surface area contributed by atoms with Crippen LogP contribution in [-0.4, -0.2) is 25.1 Å². The average Bonchev–Trinajstić information content (AvgIpc) is 2.92. The van der Waals surface area contributed by atoms with Crippen molar-refractivity contribution in [3.63, 3.8) is 0 Å². The second kappa shape index (κ2) is 7.98. The van der Waals surface area contributed by atoms with Crippen molar-refractivity contribution in [1.29, 1.82) is 0 Å². The number of benzene rings is 2. The molecule has 3 N–H and O–H groups in total. The van der Waals surface area contributed by atoms with Gasteiger partial charge in [-0.25, -0.2) is 4.39 Å². The lowest BCUT2D eigenvalue weighted by atomic mass is 10.2. The maximum absolute atomic E-state index is 14.0. The first-order valence-electron chi connectivity index (χ1n) is 8.38. The van der Waals surface area contributed by atoms with E-state index in [2.05, 4.69) is 27.9 Å². The summed E-state index contributed by atoms with van der Waals surface area (Å²) in [7, 11) is 0. The van der Waals surface area contributed by atoms with Crippen LogP contribution in [0, 0.1) is 9.39 Å². The SMILES string of the molecule is CC1(C)OCC(CCOc2cc(F)cc(Nc3ccc(I)cc3)c2N)O1. The molecule has 3 rings (SSSR count). The molecule has 0 spiro atoms. The van der Waals surface area contributed by atoms with Crippen molar-refractivity contribution in [3.05, 3.63) is 45.8 Å². The fraction of sp³-hybridized carbons (Fsp3) is 0.368. The van der Waals surface area contributed by atoms with Gasteiger partial charge in [-0.2, -0.15) is 0 Å². The Bertz CT molecular complexity index is 768. The van der Waals surface area contributed by atoms with Gasteiger partial charge < -0.3 is 25.3 Å². The van der Waals surface area contributed by atoms with Crippen molar-refractivity contribution in [2.75, 3.05) is 24.3 Å². The van der Waals surface area contributed by atoms with Crippen molar-refractivity contribution in [3.8, 4) is 5.75 Å². The quantitative estimate of drug-likeness (QED) is 0.473. The summed E-state index contributed by atoms with van der Waals surface area (Å²) < 4.78 is 32.1. The Kier molecular flexibility index (Phi) is 5.89. The molecule has 0 bridgehead atoms. The van der Waals surface area contributed by atoms with E-state index in [0.29, 0.717) is 36.8 Å². The monoisotopic (exact) mass is 472 g/mol. The van der Waals surface area contributed by atoms with Crippen LogP contribution in [0.2, 0.25) is 0 Å². The minimum absolute atomic E-state index is 0.0378. The maximum atomic E-state index is 14.0. The summed E-state index contributed by atoms with van der Waals surface area (Å²) >= 11 is 2.23. The third-order valence-electron chi connectivity index (χ3n) is 3.99. The molecule has 0 saturated carbocycles. The fourth-order valence-corrected chi connectivity index (χ4v) is 3.07. The highest BCUT2D eigenvalue weighted by atomic mass is 127. The topological polar surface area (TPSA) is 65.7 Å². The lowest BCUT2D eigenvalue weighted by Crippen LogP contribution is -2.22. The predicted molar refractivity (Wildman–Crippen MR) is 108 cm³/mol. The molecule has 0 aromatic heterocycles. The van der Waals surface area contributed by atoms with Gasteiger partial charge in [0.1, 0.15) is 11.6 Å². The normalized spacial score (nSPS) is 18.7. The van der Waals surface area contributed by atoms with Gasteiger partial charge in [-0.3, -0.25) is 0 Å². The summed E-state index contributed by atoms with van der Waals surface area (Å²) in [5.41, 5.74) is 7.83. The van der Waals surface area contributed by atoms with Gasteiger partial charge in [0.25, 0.3) is 0 Å². The fourth-order valence-electron chi connectivity index (χ4n) is 2.71. The minimum Gasteiger partial charge on any atom is -0.491 e. The zero-order valence-electron chi connectivity index (χ0n) is 14.7. The molecule has 1 heterocycles. The van der Waals surface area contributed by atoms with E-state index in [1.165, 1.54) is 12.1 Å². The molecule has 1 unspecified atom stereocenters. The second-order valence-corrected chi connectivity index (χ2v) is 7.83. The van der Waals surface area contributed by atoms with Gasteiger partial charge in [0.2, 0.25) is 0 Å². The van der Waals surface area contributed by atoms with Crippen LogP contribution in [0.15, 0.2) is 36.4 Å². The van der Waals surface area contributed by atoms with Crippen molar-refractivity contribution in [2.24, 2.45) is 0 Å². The first-order chi connectivity index (χ1) is 12.3. The molecule has 1 atom stereocenters. The van der Waals surface area contributed by atoms with Gasteiger partial charge in [-0.1, -0.05) is 0 Å². The molecule has 1 fully saturated rings. The molecule has 0 radical (unpaired) electrons. The van der Waals surface area contributed by atoms with E-state index in [0.717, 1.165) is 9.26 Å². The smallest absolute Gasteiger partial charge is 0.163 e. The highest BCUT2D eigenvalue weighted by molar-refractivity contribution is 14.1. The van der Waals surface area contributed by atoms with Gasteiger partial charge in [0.15, 0.2) is 5.79 Å². The lowest BCUT2D eigenvalue weighted by Gasteiger charge is -2.18. The molecule has 1 aliphatic rings. The van der Waals surface area contributed by atoms with Crippen LogP contribution >= 0.6 is 22.6 Å². The Hall–Kier alpha value is -1.58. The Labute approximate surface area is 166 Å². The van der Waals surface area contributed by atoms with E-state index in [9.17, 15) is 4.39 Å². The van der Waals surface area contributed by atoms with Gasteiger partial charge >= 0.3 is 0 Å². The van der Waals surface area contributed by atoms with Crippen LogP contribution in [0.5, 0.6) is 5.75 Å². The van der Waals surface area contributed by atoms with E-state index in [4.69, 9.17) is 19.9 Å². The van der Waals surface area contributed by atoms with E-state index in [1.807, 2.05) is 38.1 Å². The zero-order valence-corrected chi connectivity index (χ0v) is 16.9. The highest BCUT2D eigenvalue weighted by Gasteiger charge is 2.32. The number of ether oxygens (including phenoxy) is 3. The summed E-state index contributed by atoms with van der Waals surface area (Å²) in [4.78, 5) is 0. The van der Waals surface area contributed by atoms with Crippen LogP contribution in [0.4, 0.5) is 21.5 Å². The van der Waals surface area contributed by atoms with Crippen molar-refractivity contribution >= 4 is 39.7 Å². The molecule has 0 amide bonds. The molecule has 2 aromatic carbocycles. The van der Waals surface area contributed by atoms with Crippen LogP contribution < -0.4 is 15.8 Å². The van der Waals surface area contributed by atoms with E-state index in [1.54, 1.807) is 0 Å². The van der Waals surface area contributed by atoms with Gasteiger partial charge in [0.05, 0.1) is 30.7 Å². The summed E-state index contributed by atoms with van der Waals surface area (Å²) in [5.74, 6) is -0.660. The third-order valence-corrected chi connectivity index (χ3v) is 4.71. The Morgan fingerprint density at radius 3 is 2.69 bits per heavy atom. The third kappa shape index (κ3) is 4.99. The minimum atomic E-state index is -0.562. The highest BCUT2D eigenvalue weighted by Crippen LogP contribution is 2.33. The van der Waals surface area contributed by atoms with E-state index >= 15 is 0 Å². The summed E-state index contributed by atoms with van der Waals surface area (Å²) in [6.07, 6.45) is 0.600. The molecule has 5 nitrogen and oxygen atoms in total. The van der Waals surface area contributed by atoms with Crippen LogP contribution in [0.1, 0.15) is 20.3 Å². The molecule has 2 aromatic rings. The molecule has 26 heavy (non-hydrogen) atoms. The van der Waals surface area contributed by atoms with Crippen LogP contribution in [0.3, 0.4) is 0 Å². The number of rotatable bonds is 6. The summed E-state index contributed by atoms with van der Waals surface area (Å²) in [6, 6.07) is 10.4. The Morgan fingerprint density at radius 1 is 1.31 bits per heavy atom. The zero-order chi connectivity index (χ0) is 18.7. The molecule has 7 heteroatoms. The first-order valence-corrected chi connectivity index (χ1v) is 9.46. The number of nitrogens with one attached hydrogen (secondary N) is 1. The molecule has 140 valence electrons. The van der Waals surface area contributed by atoms with E-state index < -0.39 is 11.6 Å². The van der Waals surface area contributed by atoms with Gasteiger partial charge in [0, 0.05) is 21.7 Å². The van der Waals surface area contributed by atoms with Crippen molar-refractivity contribution < 1.29 is 18.6 Å². The average molecular weight is 472 g/mol. The number of hydrogen-bond donors (Lipinski definition) is 2. The number of anilines is 3. The molecular formula is C19H22FIN2O3. The van der Waals surface area contributed by atoms with Crippen molar-refractivity contribution in [2.45, 2.75) is 32.2 Å². The number of nitrogens with two attached hydrogens (primary N) is 1. The largest absolute Gasteiger partial charge is 0.491 e. The number of halogens is 2. The number of hydrogen-bond acceptors (Lipinski definition) is 5. The standard InChI is InChI=1S/C19H22FIN2O3/c1-19(2)25-11-15(26-19)7-8-24-17-10-12(20)9-16(18(17)22)23-14-5-3-13(21)4-6-14/h3-6,9-10,15,23H,7-8,11,22H2,1-2H3.